The summed E-state index contributed by atoms with van der Waals surface area (Å²) in [5.41, 5.74) is -0.940. The van der Waals surface area contributed by atoms with Gasteiger partial charge in [0.1, 0.15) is 0 Å². The minimum Gasteiger partial charge on any atom is -0.309 e. The number of hydrogen-bond donors (Lipinski definition) is 0. The lowest BCUT2D eigenvalue weighted by Crippen LogP contribution is -2.53. The van der Waals surface area contributed by atoms with Gasteiger partial charge in [0.2, 0.25) is 0 Å². The zero-order chi connectivity index (χ0) is 12.1. The second kappa shape index (κ2) is 3.14. The molecule has 4 heteroatoms. The average molecular weight is 222 g/mol. The molecule has 0 aromatic rings. The van der Waals surface area contributed by atoms with Crippen LogP contribution in [0.3, 0.4) is 0 Å². The molecule has 90 valence electrons. The minimum atomic E-state index is -2.42. The number of rotatable bonds is 2. The number of hydrogen-bond acceptors (Lipinski definition) is 2. The molecule has 1 heterocycles. The van der Waals surface area contributed by atoms with Crippen molar-refractivity contribution in [2.24, 2.45) is 5.41 Å². The van der Waals surface area contributed by atoms with E-state index in [1.807, 2.05) is 0 Å². The van der Waals surface area contributed by atoms with Gasteiger partial charge in [0.25, 0.3) is 11.7 Å². The maximum absolute atomic E-state index is 14.6. The van der Waals surface area contributed by atoms with Gasteiger partial charge in [0.15, 0.2) is 5.79 Å². The third-order valence-corrected chi connectivity index (χ3v) is 3.15. The normalized spacial score (nSPS) is 40.8. The van der Waals surface area contributed by atoms with Crippen LogP contribution < -0.4 is 0 Å². The van der Waals surface area contributed by atoms with Crippen LogP contribution in [-0.2, 0) is 9.47 Å². The summed E-state index contributed by atoms with van der Waals surface area (Å²) in [6.45, 7) is 9.17. The van der Waals surface area contributed by atoms with Gasteiger partial charge in [-0.15, -0.1) is 0 Å². The summed E-state index contributed by atoms with van der Waals surface area (Å²) in [4.78, 5) is 0. The first-order valence-corrected chi connectivity index (χ1v) is 5.26. The fourth-order valence-electron chi connectivity index (χ4n) is 1.95. The zero-order valence-electron chi connectivity index (χ0n) is 10.3. The summed E-state index contributed by atoms with van der Waals surface area (Å²) in [5.74, 6) is -6.07. The standard InChI is InChI=1S/C11H20F2O2/c1-7-8(2,3)11(13)10(6,12)14-9(4,5)15-11/h7H2,1-6H3. The molecule has 0 bridgehead atoms. The van der Waals surface area contributed by atoms with E-state index in [1.165, 1.54) is 13.8 Å². The summed E-state index contributed by atoms with van der Waals surface area (Å²) >= 11 is 0. The lowest BCUT2D eigenvalue weighted by atomic mass is 9.78. The molecule has 0 spiro atoms. The highest BCUT2D eigenvalue weighted by atomic mass is 19.2. The Morgan fingerprint density at radius 1 is 1.07 bits per heavy atom. The number of alkyl halides is 2. The van der Waals surface area contributed by atoms with Crippen LogP contribution in [0.2, 0.25) is 0 Å². The number of halogens is 2. The molecule has 0 N–H and O–H groups in total. The molecule has 15 heavy (non-hydrogen) atoms. The van der Waals surface area contributed by atoms with E-state index < -0.39 is 22.9 Å². The second-order valence-electron chi connectivity index (χ2n) is 5.35. The molecule has 1 aliphatic rings. The van der Waals surface area contributed by atoms with Crippen LogP contribution in [0.4, 0.5) is 8.78 Å². The van der Waals surface area contributed by atoms with E-state index in [9.17, 15) is 8.78 Å². The molecule has 0 aromatic heterocycles. The van der Waals surface area contributed by atoms with Crippen LogP contribution >= 0.6 is 0 Å². The van der Waals surface area contributed by atoms with Gasteiger partial charge in [-0.3, -0.25) is 0 Å². The maximum Gasteiger partial charge on any atom is 0.275 e. The first kappa shape index (κ1) is 12.8. The quantitative estimate of drug-likeness (QED) is 0.711. The second-order valence-corrected chi connectivity index (χ2v) is 5.35. The summed E-state index contributed by atoms with van der Waals surface area (Å²) in [5, 5.41) is 0. The summed E-state index contributed by atoms with van der Waals surface area (Å²) in [6.07, 6.45) is 0.461. The van der Waals surface area contributed by atoms with Crippen molar-refractivity contribution in [2.75, 3.05) is 0 Å². The lowest BCUT2D eigenvalue weighted by Gasteiger charge is -2.39. The Labute approximate surface area is 89.9 Å². The van der Waals surface area contributed by atoms with Crippen molar-refractivity contribution in [1.29, 1.82) is 0 Å². The van der Waals surface area contributed by atoms with Gasteiger partial charge in [0.05, 0.1) is 0 Å². The first-order valence-electron chi connectivity index (χ1n) is 5.26. The van der Waals surface area contributed by atoms with Crippen molar-refractivity contribution in [3.63, 3.8) is 0 Å². The lowest BCUT2D eigenvalue weighted by molar-refractivity contribution is -0.265. The zero-order valence-corrected chi connectivity index (χ0v) is 10.3. The minimum absolute atomic E-state index is 0.461. The van der Waals surface area contributed by atoms with Crippen LogP contribution in [0.5, 0.6) is 0 Å². The topological polar surface area (TPSA) is 18.5 Å². The molecule has 0 radical (unpaired) electrons. The van der Waals surface area contributed by atoms with Crippen molar-refractivity contribution in [2.45, 2.75) is 65.5 Å². The molecule has 1 aliphatic heterocycles. The Kier molecular flexibility index (Phi) is 2.69. The molecular formula is C11H20F2O2. The monoisotopic (exact) mass is 222 g/mol. The van der Waals surface area contributed by atoms with Gasteiger partial charge in [-0.05, 0) is 20.3 Å². The van der Waals surface area contributed by atoms with Crippen LogP contribution in [-0.4, -0.2) is 17.5 Å². The highest BCUT2D eigenvalue weighted by Gasteiger charge is 2.69. The van der Waals surface area contributed by atoms with E-state index >= 15 is 0 Å². The first-order chi connectivity index (χ1) is 6.47. The average Bonchev–Trinajstić information content (AvgIpc) is 2.16. The predicted molar refractivity (Wildman–Crippen MR) is 53.7 cm³/mol. The molecule has 1 fully saturated rings. The highest BCUT2D eigenvalue weighted by molar-refractivity contribution is 5.00. The third-order valence-electron chi connectivity index (χ3n) is 3.15. The van der Waals surface area contributed by atoms with Crippen molar-refractivity contribution in [3.8, 4) is 0 Å². The van der Waals surface area contributed by atoms with E-state index in [4.69, 9.17) is 9.47 Å². The molecule has 0 aromatic carbocycles. The van der Waals surface area contributed by atoms with E-state index in [1.54, 1.807) is 20.8 Å². The number of ether oxygens (including phenoxy) is 2. The SMILES string of the molecule is CCC(C)(C)C1(F)OC(C)(C)OC1(C)F. The van der Waals surface area contributed by atoms with Gasteiger partial charge in [0, 0.05) is 12.3 Å². The van der Waals surface area contributed by atoms with Crippen LogP contribution in [0.15, 0.2) is 0 Å². The summed E-state index contributed by atoms with van der Waals surface area (Å²) in [6, 6.07) is 0. The summed E-state index contributed by atoms with van der Waals surface area (Å²) in [7, 11) is 0. The molecule has 2 unspecified atom stereocenters. The molecule has 1 saturated heterocycles. The van der Waals surface area contributed by atoms with E-state index in [2.05, 4.69) is 0 Å². The van der Waals surface area contributed by atoms with Crippen LogP contribution in [0.25, 0.3) is 0 Å². The molecule has 2 nitrogen and oxygen atoms in total. The van der Waals surface area contributed by atoms with Crippen molar-refractivity contribution in [1.82, 2.24) is 0 Å². The highest BCUT2D eigenvalue weighted by Crippen LogP contribution is 2.55. The Balaban J connectivity index is 3.14. The van der Waals surface area contributed by atoms with Crippen molar-refractivity contribution < 1.29 is 18.3 Å². The van der Waals surface area contributed by atoms with Gasteiger partial charge < -0.3 is 9.47 Å². The Morgan fingerprint density at radius 3 is 1.80 bits per heavy atom. The fourth-order valence-corrected chi connectivity index (χ4v) is 1.95. The third kappa shape index (κ3) is 1.78. The van der Waals surface area contributed by atoms with Crippen LogP contribution in [0, 0.1) is 5.41 Å². The van der Waals surface area contributed by atoms with Gasteiger partial charge in [-0.25, -0.2) is 8.78 Å². The molecule has 1 rings (SSSR count). The Hall–Kier alpha value is -0.220. The van der Waals surface area contributed by atoms with Crippen molar-refractivity contribution >= 4 is 0 Å². The smallest absolute Gasteiger partial charge is 0.275 e. The van der Waals surface area contributed by atoms with Gasteiger partial charge >= 0.3 is 0 Å². The van der Waals surface area contributed by atoms with E-state index in [0.717, 1.165) is 6.92 Å². The molecule has 0 amide bonds. The van der Waals surface area contributed by atoms with Crippen LogP contribution in [0.1, 0.15) is 48.0 Å². The fraction of sp³-hybridized carbons (Fsp3) is 1.00. The van der Waals surface area contributed by atoms with E-state index in [0.29, 0.717) is 6.42 Å². The molecular weight excluding hydrogens is 202 g/mol. The molecule has 2 atom stereocenters. The largest absolute Gasteiger partial charge is 0.309 e. The summed E-state index contributed by atoms with van der Waals surface area (Å²) < 4.78 is 38.9. The predicted octanol–water partition coefficient (Wildman–Crippen LogP) is 3.56. The van der Waals surface area contributed by atoms with Crippen molar-refractivity contribution in [3.05, 3.63) is 0 Å². The van der Waals surface area contributed by atoms with E-state index in [-0.39, 0.29) is 0 Å². The Morgan fingerprint density at radius 2 is 1.53 bits per heavy atom. The Bertz CT molecular complexity index is 261. The molecule has 0 aliphatic carbocycles. The molecule has 0 saturated carbocycles. The maximum atomic E-state index is 14.6. The van der Waals surface area contributed by atoms with Gasteiger partial charge in [-0.1, -0.05) is 20.8 Å². The van der Waals surface area contributed by atoms with Gasteiger partial charge in [-0.2, -0.15) is 0 Å².